The molecular weight excluding hydrogens is 406 g/mol. The molecule has 0 spiro atoms. The molecule has 9 heteroatoms. The van der Waals surface area contributed by atoms with E-state index in [0.717, 1.165) is 30.7 Å². The predicted octanol–water partition coefficient (Wildman–Crippen LogP) is 2.09. The zero-order chi connectivity index (χ0) is 22.6. The Bertz CT molecular complexity index is 1380. The molecule has 9 nitrogen and oxygen atoms in total. The minimum atomic E-state index is -0.636. The van der Waals surface area contributed by atoms with E-state index in [1.165, 1.54) is 0 Å². The minimum Gasteiger partial charge on any atom is -0.507 e. The highest BCUT2D eigenvalue weighted by Crippen LogP contribution is 2.36. The molecule has 164 valence electrons. The molecule has 4 aromatic rings. The molecule has 0 saturated carbocycles. The number of carbonyl (C=O) groups excluding carboxylic acids is 1. The van der Waals surface area contributed by atoms with Crippen LogP contribution in [0.3, 0.4) is 0 Å². The summed E-state index contributed by atoms with van der Waals surface area (Å²) in [5, 5.41) is 20.1. The van der Waals surface area contributed by atoms with Gasteiger partial charge in [-0.15, -0.1) is 0 Å². The van der Waals surface area contributed by atoms with Gasteiger partial charge >= 0.3 is 0 Å². The average molecular weight is 432 g/mol. The number of fused-ring (bicyclic) bond motifs is 2. The lowest BCUT2D eigenvalue weighted by Crippen LogP contribution is -2.49. The lowest BCUT2D eigenvalue weighted by Gasteiger charge is -2.33. The number of hydrogen-bond acceptors (Lipinski definition) is 7. The van der Waals surface area contributed by atoms with Crippen LogP contribution in [0.4, 0.5) is 5.69 Å². The van der Waals surface area contributed by atoms with Crippen LogP contribution in [0.15, 0.2) is 30.5 Å². The monoisotopic (exact) mass is 431 g/mol. The van der Waals surface area contributed by atoms with Crippen molar-refractivity contribution in [1.29, 1.82) is 0 Å². The van der Waals surface area contributed by atoms with Gasteiger partial charge in [0.1, 0.15) is 11.4 Å². The Kier molecular flexibility index (Phi) is 4.70. The summed E-state index contributed by atoms with van der Waals surface area (Å²) < 4.78 is 1.69. The molecule has 1 saturated heterocycles. The van der Waals surface area contributed by atoms with E-state index >= 15 is 0 Å². The first-order chi connectivity index (χ1) is 15.3. The fourth-order valence-electron chi connectivity index (χ4n) is 4.40. The highest BCUT2D eigenvalue weighted by molar-refractivity contribution is 6.05. The first-order valence-corrected chi connectivity index (χ1v) is 10.6. The molecule has 32 heavy (non-hydrogen) atoms. The van der Waals surface area contributed by atoms with Crippen LogP contribution in [0, 0.1) is 6.92 Å². The number of benzene rings is 2. The fourth-order valence-corrected chi connectivity index (χ4v) is 4.40. The topological polar surface area (TPSA) is 122 Å². The molecule has 0 aliphatic carbocycles. The molecule has 3 heterocycles. The molecule has 0 bridgehead atoms. The van der Waals surface area contributed by atoms with Gasteiger partial charge in [-0.2, -0.15) is 5.10 Å². The molecule has 5 rings (SSSR count). The van der Waals surface area contributed by atoms with Crippen molar-refractivity contribution in [2.24, 2.45) is 12.8 Å². The van der Waals surface area contributed by atoms with Crippen molar-refractivity contribution < 1.29 is 9.90 Å². The van der Waals surface area contributed by atoms with Gasteiger partial charge in [0, 0.05) is 60.9 Å². The molecular formula is C23H25N7O2. The second kappa shape index (κ2) is 7.45. The zero-order valence-electron chi connectivity index (χ0n) is 18.3. The lowest BCUT2D eigenvalue weighted by molar-refractivity contribution is 0.0997. The van der Waals surface area contributed by atoms with Gasteiger partial charge in [-0.25, -0.2) is 9.97 Å². The van der Waals surface area contributed by atoms with E-state index < -0.39 is 5.91 Å². The van der Waals surface area contributed by atoms with E-state index in [9.17, 15) is 9.90 Å². The van der Waals surface area contributed by atoms with E-state index in [1.807, 2.05) is 31.4 Å². The Morgan fingerprint density at radius 3 is 2.84 bits per heavy atom. The van der Waals surface area contributed by atoms with Gasteiger partial charge in [0.2, 0.25) is 0 Å². The maximum Gasteiger partial charge on any atom is 0.268 e. The van der Waals surface area contributed by atoms with Gasteiger partial charge in [0.25, 0.3) is 5.91 Å². The summed E-state index contributed by atoms with van der Waals surface area (Å²) in [6.45, 7) is 6.58. The number of aryl methyl sites for hydroxylation is 2. The summed E-state index contributed by atoms with van der Waals surface area (Å²) in [5.41, 5.74) is 9.22. The quantitative estimate of drug-likeness (QED) is 0.454. The second-order valence-corrected chi connectivity index (χ2v) is 8.40. The number of phenols is 1. The SMILES string of the molecule is Cc1c(O)c(-c2nc(C(N)=O)c3cc(N4CCNC(C)C4)ccc3n2)cc2cn(C)nc12. The van der Waals surface area contributed by atoms with Crippen LogP contribution < -0.4 is 16.0 Å². The Balaban J connectivity index is 1.67. The van der Waals surface area contributed by atoms with Gasteiger partial charge < -0.3 is 21.1 Å². The van der Waals surface area contributed by atoms with Crippen molar-refractivity contribution in [3.63, 3.8) is 0 Å². The van der Waals surface area contributed by atoms with Crippen LogP contribution in [-0.4, -0.2) is 56.4 Å². The number of nitrogens with one attached hydrogen (secondary N) is 1. The molecule has 2 aromatic heterocycles. The molecule has 4 N–H and O–H groups in total. The molecule has 0 radical (unpaired) electrons. The highest BCUT2D eigenvalue weighted by Gasteiger charge is 2.21. The molecule has 1 unspecified atom stereocenters. The summed E-state index contributed by atoms with van der Waals surface area (Å²) in [6.07, 6.45) is 1.86. The number of nitrogens with zero attached hydrogens (tertiary/aromatic N) is 5. The lowest BCUT2D eigenvalue weighted by atomic mass is 10.0. The number of aromatic nitrogens is 4. The van der Waals surface area contributed by atoms with Crippen LogP contribution >= 0.6 is 0 Å². The smallest absolute Gasteiger partial charge is 0.268 e. The number of phenolic OH excluding ortho intramolecular Hbond substituents is 1. The molecule has 1 amide bonds. The van der Waals surface area contributed by atoms with Crippen LogP contribution in [-0.2, 0) is 7.05 Å². The third kappa shape index (κ3) is 3.31. The summed E-state index contributed by atoms with van der Waals surface area (Å²) in [6, 6.07) is 7.96. The Morgan fingerprint density at radius 2 is 2.09 bits per heavy atom. The van der Waals surface area contributed by atoms with Crippen molar-refractivity contribution in [2.45, 2.75) is 19.9 Å². The largest absolute Gasteiger partial charge is 0.507 e. The van der Waals surface area contributed by atoms with Gasteiger partial charge in [0.05, 0.1) is 16.6 Å². The Morgan fingerprint density at radius 1 is 1.28 bits per heavy atom. The second-order valence-electron chi connectivity index (χ2n) is 8.40. The van der Waals surface area contributed by atoms with Crippen molar-refractivity contribution >= 4 is 33.4 Å². The first kappa shape index (κ1) is 20.2. The van der Waals surface area contributed by atoms with E-state index in [4.69, 9.17) is 5.73 Å². The van der Waals surface area contributed by atoms with Gasteiger partial charge in [0.15, 0.2) is 5.82 Å². The maximum atomic E-state index is 12.3. The van der Waals surface area contributed by atoms with Crippen molar-refractivity contribution in [1.82, 2.24) is 25.1 Å². The first-order valence-electron chi connectivity index (χ1n) is 10.6. The normalized spacial score (nSPS) is 16.7. The third-order valence-corrected chi connectivity index (χ3v) is 6.01. The van der Waals surface area contributed by atoms with Crippen LogP contribution in [0.5, 0.6) is 5.75 Å². The molecule has 2 aromatic carbocycles. The average Bonchev–Trinajstić information content (AvgIpc) is 3.15. The van der Waals surface area contributed by atoms with Crippen molar-refractivity contribution in [3.05, 3.63) is 41.7 Å². The van der Waals surface area contributed by atoms with E-state index in [0.29, 0.717) is 33.6 Å². The number of carbonyl (C=O) groups is 1. The van der Waals surface area contributed by atoms with Crippen molar-refractivity contribution in [3.8, 4) is 17.1 Å². The number of amides is 1. The number of piperazine rings is 1. The van der Waals surface area contributed by atoms with Crippen LogP contribution in [0.25, 0.3) is 33.2 Å². The van der Waals surface area contributed by atoms with Crippen LogP contribution in [0.2, 0.25) is 0 Å². The summed E-state index contributed by atoms with van der Waals surface area (Å²) in [7, 11) is 1.82. The number of hydrogen-bond donors (Lipinski definition) is 3. The fraction of sp³-hybridized carbons (Fsp3) is 0.304. The number of rotatable bonds is 3. The number of primary amides is 1. The number of anilines is 1. The highest BCUT2D eigenvalue weighted by atomic mass is 16.3. The number of nitrogens with two attached hydrogens (primary N) is 1. The Hall–Kier alpha value is -3.72. The summed E-state index contributed by atoms with van der Waals surface area (Å²) in [4.78, 5) is 23.8. The van der Waals surface area contributed by atoms with Crippen LogP contribution in [0.1, 0.15) is 23.0 Å². The molecule has 1 aliphatic heterocycles. The van der Waals surface area contributed by atoms with Gasteiger partial charge in [-0.3, -0.25) is 9.48 Å². The summed E-state index contributed by atoms with van der Waals surface area (Å²) >= 11 is 0. The molecule has 1 atom stereocenters. The van der Waals surface area contributed by atoms with Crippen molar-refractivity contribution in [2.75, 3.05) is 24.5 Å². The minimum absolute atomic E-state index is 0.0393. The third-order valence-electron chi connectivity index (χ3n) is 6.01. The molecule has 1 fully saturated rings. The molecule has 1 aliphatic rings. The maximum absolute atomic E-state index is 12.3. The standard InChI is InChI=1S/C23H25N7O2/c1-12-10-30(7-6-25-12)15-4-5-18-16(9-15)20(22(24)32)27-23(26-18)17-8-14-11-29(3)28-19(14)13(2)21(17)31/h4-5,8-9,11-12,25,31H,6-7,10H2,1-3H3,(H2,24,32). The predicted molar refractivity (Wildman–Crippen MR) is 124 cm³/mol. The summed E-state index contributed by atoms with van der Waals surface area (Å²) in [5.74, 6) is -0.346. The number of aromatic hydroxyl groups is 1. The van der Waals surface area contributed by atoms with Gasteiger partial charge in [-0.1, -0.05) is 0 Å². The Labute approximate surface area is 184 Å². The van der Waals surface area contributed by atoms with E-state index in [1.54, 1.807) is 17.7 Å². The van der Waals surface area contributed by atoms with E-state index in [2.05, 4.69) is 32.2 Å². The zero-order valence-corrected chi connectivity index (χ0v) is 18.3. The van der Waals surface area contributed by atoms with Gasteiger partial charge in [-0.05, 0) is 38.1 Å². The van der Waals surface area contributed by atoms with E-state index in [-0.39, 0.29) is 17.3 Å².